The maximum Gasteiger partial charge on any atom is 0.207 e. The lowest BCUT2D eigenvalue weighted by Gasteiger charge is -2.23. The van der Waals surface area contributed by atoms with E-state index in [1.54, 1.807) is 19.1 Å². The average molecular weight is 448 g/mol. The molecule has 0 bridgehead atoms. The third-order valence-electron chi connectivity index (χ3n) is 4.89. The number of hydrogen-bond donors (Lipinski definition) is 0. The average Bonchev–Trinajstić information content (AvgIpc) is 2.76. The Labute approximate surface area is 184 Å². The Morgan fingerprint density at radius 1 is 1.06 bits per heavy atom. The first-order chi connectivity index (χ1) is 15.3. The summed E-state index contributed by atoms with van der Waals surface area (Å²) in [6, 6.07) is 4.55. The Bertz CT molecular complexity index is 1090. The van der Waals surface area contributed by atoms with Gasteiger partial charge in [0.05, 0.1) is 6.61 Å². The lowest BCUT2D eigenvalue weighted by atomic mass is 9.96. The predicted octanol–water partition coefficient (Wildman–Crippen LogP) is 7.09. The Kier molecular flexibility index (Phi) is 7.28. The summed E-state index contributed by atoms with van der Waals surface area (Å²) in [5.74, 6) is -4.58. The number of hydrogen-bond acceptors (Lipinski definition) is 3. The molecule has 2 aromatic carbocycles. The summed E-state index contributed by atoms with van der Waals surface area (Å²) in [4.78, 5) is 0. The van der Waals surface area contributed by atoms with Gasteiger partial charge in [-0.05, 0) is 42.7 Å². The predicted molar refractivity (Wildman–Crippen MR) is 114 cm³/mol. The normalized spacial score (nSPS) is 12.5. The van der Waals surface area contributed by atoms with Crippen LogP contribution in [0.5, 0.6) is 17.2 Å². The van der Waals surface area contributed by atoms with Crippen LogP contribution in [0.3, 0.4) is 0 Å². The third-order valence-corrected chi connectivity index (χ3v) is 4.89. The fourth-order valence-corrected chi connectivity index (χ4v) is 3.37. The molecular weight excluding hydrogens is 424 g/mol. The molecule has 0 saturated heterocycles. The fraction of sp³-hybridized carbons (Fsp3) is 0.280. The topological polar surface area (TPSA) is 27.7 Å². The Hall–Kier alpha value is -3.22. The van der Waals surface area contributed by atoms with Gasteiger partial charge in [0.25, 0.3) is 0 Å². The van der Waals surface area contributed by atoms with Gasteiger partial charge in [-0.3, -0.25) is 0 Å². The number of benzene rings is 2. The number of aryl methyl sites for hydroxylation is 1. The number of fused-ring (bicyclic) bond motifs is 2. The highest BCUT2D eigenvalue weighted by Gasteiger charge is 2.28. The van der Waals surface area contributed by atoms with E-state index in [0.29, 0.717) is 24.0 Å². The monoisotopic (exact) mass is 448 g/mol. The zero-order valence-corrected chi connectivity index (χ0v) is 18.0. The summed E-state index contributed by atoms with van der Waals surface area (Å²) < 4.78 is 73.6. The Morgan fingerprint density at radius 2 is 1.78 bits per heavy atom. The van der Waals surface area contributed by atoms with Crippen LogP contribution in [0.1, 0.15) is 37.0 Å². The molecule has 0 spiro atoms. The minimum Gasteiger partial charge on any atom is -0.491 e. The van der Waals surface area contributed by atoms with Gasteiger partial charge in [0.1, 0.15) is 12.4 Å². The standard InChI is InChI=1S/C25H24F4O3/c1-5-7-16-11-18-12-17-8-9-20(22(28)24(17)32-25(18)23(29)21(16)27)31-13-14(3)10-19(26)15(4)30-6-2/h8-11H,3-7,12-13H2,1-2H3/b19-10+. The van der Waals surface area contributed by atoms with Crippen molar-refractivity contribution >= 4 is 0 Å². The molecule has 3 rings (SSSR count). The molecule has 0 amide bonds. The van der Waals surface area contributed by atoms with Crippen molar-refractivity contribution in [2.45, 2.75) is 33.1 Å². The van der Waals surface area contributed by atoms with E-state index in [1.807, 2.05) is 6.92 Å². The molecule has 1 aliphatic heterocycles. The second-order valence-corrected chi connectivity index (χ2v) is 7.34. The lowest BCUT2D eigenvalue weighted by molar-refractivity contribution is 0.226. The molecule has 0 saturated carbocycles. The molecule has 170 valence electrons. The lowest BCUT2D eigenvalue weighted by Crippen LogP contribution is -2.11. The molecule has 0 N–H and O–H groups in total. The van der Waals surface area contributed by atoms with Gasteiger partial charge in [-0.15, -0.1) is 0 Å². The van der Waals surface area contributed by atoms with Crippen molar-refractivity contribution in [1.29, 1.82) is 0 Å². The first kappa shape index (κ1) is 23.4. The van der Waals surface area contributed by atoms with E-state index in [9.17, 15) is 13.2 Å². The molecule has 1 aliphatic rings. The van der Waals surface area contributed by atoms with Crippen LogP contribution in [-0.2, 0) is 17.6 Å². The molecular formula is C25H24F4O3. The molecule has 0 fully saturated rings. The van der Waals surface area contributed by atoms with Crippen molar-refractivity contribution in [3.63, 3.8) is 0 Å². The minimum atomic E-state index is -1.13. The molecule has 0 aliphatic carbocycles. The third kappa shape index (κ3) is 4.82. The van der Waals surface area contributed by atoms with Gasteiger partial charge in [0.15, 0.2) is 28.9 Å². The van der Waals surface area contributed by atoms with Crippen molar-refractivity contribution in [2.75, 3.05) is 13.2 Å². The Morgan fingerprint density at radius 3 is 2.47 bits per heavy atom. The smallest absolute Gasteiger partial charge is 0.207 e. The van der Waals surface area contributed by atoms with E-state index >= 15 is 4.39 Å². The van der Waals surface area contributed by atoms with E-state index in [1.165, 1.54) is 6.07 Å². The van der Waals surface area contributed by atoms with Crippen molar-refractivity contribution in [2.24, 2.45) is 0 Å². The minimum absolute atomic E-state index is 0.142. The van der Waals surface area contributed by atoms with E-state index in [-0.39, 0.29) is 53.8 Å². The second kappa shape index (κ2) is 9.94. The maximum atomic E-state index is 15.0. The molecule has 0 radical (unpaired) electrons. The van der Waals surface area contributed by atoms with Crippen molar-refractivity contribution in [3.8, 4) is 17.2 Å². The first-order valence-corrected chi connectivity index (χ1v) is 10.3. The highest BCUT2D eigenvalue weighted by atomic mass is 19.2. The van der Waals surface area contributed by atoms with Gasteiger partial charge in [0.2, 0.25) is 11.6 Å². The van der Waals surface area contributed by atoms with Gasteiger partial charge in [-0.25, -0.2) is 8.78 Å². The maximum absolute atomic E-state index is 15.0. The van der Waals surface area contributed by atoms with Crippen LogP contribution >= 0.6 is 0 Å². The SMILES string of the molecule is C=C(/C=C(/F)C(=C)OCC)COc1ccc2c(c1F)Oc1c(cc(CCC)c(F)c1F)C2. The zero-order chi connectivity index (χ0) is 23.4. The highest BCUT2D eigenvalue weighted by molar-refractivity contribution is 5.54. The molecule has 0 aromatic heterocycles. The summed E-state index contributed by atoms with van der Waals surface area (Å²) in [6.07, 6.45) is 2.32. The van der Waals surface area contributed by atoms with Gasteiger partial charge >= 0.3 is 0 Å². The molecule has 1 heterocycles. The zero-order valence-electron chi connectivity index (χ0n) is 18.0. The summed E-state index contributed by atoms with van der Waals surface area (Å²) in [7, 11) is 0. The van der Waals surface area contributed by atoms with Crippen molar-refractivity contribution in [3.05, 3.63) is 88.7 Å². The van der Waals surface area contributed by atoms with Crippen molar-refractivity contribution in [1.82, 2.24) is 0 Å². The number of allylic oxidation sites excluding steroid dienone is 1. The second-order valence-electron chi connectivity index (χ2n) is 7.34. The van der Waals surface area contributed by atoms with Gasteiger partial charge < -0.3 is 14.2 Å². The number of ether oxygens (including phenoxy) is 3. The van der Waals surface area contributed by atoms with Crippen molar-refractivity contribution < 1.29 is 31.8 Å². The van der Waals surface area contributed by atoms with Crippen LogP contribution in [0.15, 0.2) is 54.6 Å². The van der Waals surface area contributed by atoms with Gasteiger partial charge in [-0.2, -0.15) is 8.78 Å². The summed E-state index contributed by atoms with van der Waals surface area (Å²) in [5, 5.41) is 0. The van der Waals surface area contributed by atoms with Crippen LogP contribution in [-0.4, -0.2) is 13.2 Å². The molecule has 7 heteroatoms. The first-order valence-electron chi connectivity index (χ1n) is 10.3. The summed E-state index contributed by atoms with van der Waals surface area (Å²) in [5.41, 5.74) is 1.41. The Balaban J connectivity index is 1.79. The van der Waals surface area contributed by atoms with E-state index in [4.69, 9.17) is 14.2 Å². The van der Waals surface area contributed by atoms with E-state index < -0.39 is 23.3 Å². The van der Waals surface area contributed by atoms with Crippen LogP contribution in [0.4, 0.5) is 17.6 Å². The largest absolute Gasteiger partial charge is 0.491 e. The quantitative estimate of drug-likeness (QED) is 0.199. The van der Waals surface area contributed by atoms with E-state index in [0.717, 1.165) is 6.08 Å². The molecule has 0 unspecified atom stereocenters. The fourth-order valence-electron chi connectivity index (χ4n) is 3.37. The van der Waals surface area contributed by atoms with Crippen LogP contribution < -0.4 is 9.47 Å². The summed E-state index contributed by atoms with van der Waals surface area (Å²) in [6.45, 7) is 10.7. The molecule has 2 aromatic rings. The number of rotatable bonds is 9. The van der Waals surface area contributed by atoms with Crippen LogP contribution in [0, 0.1) is 17.5 Å². The van der Waals surface area contributed by atoms with E-state index in [2.05, 4.69) is 13.2 Å². The highest BCUT2D eigenvalue weighted by Crippen LogP contribution is 2.43. The molecule has 32 heavy (non-hydrogen) atoms. The van der Waals surface area contributed by atoms with Crippen LogP contribution in [0.2, 0.25) is 0 Å². The molecule has 0 atom stereocenters. The molecule has 3 nitrogen and oxygen atoms in total. The number of halogens is 4. The van der Waals surface area contributed by atoms with Gasteiger partial charge in [0, 0.05) is 17.5 Å². The van der Waals surface area contributed by atoms with Crippen LogP contribution in [0.25, 0.3) is 0 Å². The summed E-state index contributed by atoms with van der Waals surface area (Å²) >= 11 is 0. The van der Waals surface area contributed by atoms with Gasteiger partial charge in [-0.1, -0.05) is 32.6 Å².